The van der Waals surface area contributed by atoms with Crippen molar-refractivity contribution in [1.29, 1.82) is 0 Å². The summed E-state index contributed by atoms with van der Waals surface area (Å²) < 4.78 is 1.14. The van der Waals surface area contributed by atoms with E-state index in [1.54, 1.807) is 17.7 Å². The molecule has 1 saturated heterocycles. The molecule has 2 N–H and O–H groups in total. The first-order valence-corrected chi connectivity index (χ1v) is 14.5. The smallest absolute Gasteiger partial charge is 0.229 e. The first-order chi connectivity index (χ1) is 18.5. The zero-order valence-corrected chi connectivity index (χ0v) is 23.0. The number of thiazole rings is 1. The average molecular weight is 530 g/mol. The number of nitrogens with zero attached hydrogens (tertiary/aromatic N) is 5. The zero-order chi connectivity index (χ0) is 26.1. The van der Waals surface area contributed by atoms with Crippen LogP contribution in [0.25, 0.3) is 26.8 Å². The maximum Gasteiger partial charge on any atom is 0.229 e. The number of fused-ring (bicyclic) bond motifs is 2. The number of hydrogen-bond acceptors (Lipinski definition) is 7. The van der Waals surface area contributed by atoms with Gasteiger partial charge in [-0.1, -0.05) is 18.9 Å². The molecule has 0 unspecified atom stereocenters. The second kappa shape index (κ2) is 10.5. The number of aromatic amines is 1. The molecule has 6 rings (SSSR count). The number of rotatable bonds is 6. The number of amides is 1. The van der Waals surface area contributed by atoms with E-state index in [1.165, 1.54) is 31.3 Å². The molecule has 1 amide bonds. The van der Waals surface area contributed by atoms with E-state index >= 15 is 0 Å². The first-order valence-electron chi connectivity index (χ1n) is 13.6. The third-order valence-electron chi connectivity index (χ3n) is 7.76. The maximum absolute atomic E-state index is 13.5. The lowest BCUT2D eigenvalue weighted by atomic mass is 9.89. The molecule has 198 valence electrons. The lowest BCUT2D eigenvalue weighted by Crippen LogP contribution is -2.48. The van der Waals surface area contributed by atoms with Crippen LogP contribution in [-0.4, -0.2) is 68.4 Å². The topological polar surface area (TPSA) is 90.0 Å². The number of likely N-dealkylation sites (tertiary alicyclic amines) is 1. The molecule has 2 aliphatic heterocycles. The molecule has 0 bridgehead atoms. The van der Waals surface area contributed by atoms with E-state index in [0.717, 1.165) is 71.0 Å². The summed E-state index contributed by atoms with van der Waals surface area (Å²) in [6.45, 7) is 8.65. The molecule has 4 aromatic rings. The molecule has 0 spiro atoms. The van der Waals surface area contributed by atoms with Gasteiger partial charge in [-0.2, -0.15) is 0 Å². The summed E-state index contributed by atoms with van der Waals surface area (Å²) in [6.07, 6.45) is 9.69. The van der Waals surface area contributed by atoms with E-state index in [2.05, 4.69) is 62.2 Å². The molecule has 0 aliphatic carbocycles. The van der Waals surface area contributed by atoms with E-state index in [-0.39, 0.29) is 11.3 Å². The highest BCUT2D eigenvalue weighted by Crippen LogP contribution is 2.31. The van der Waals surface area contributed by atoms with Crippen LogP contribution in [0.1, 0.15) is 51.6 Å². The Labute approximate surface area is 227 Å². The summed E-state index contributed by atoms with van der Waals surface area (Å²) in [5.74, 6) is 1.02. The highest BCUT2D eigenvalue weighted by Gasteiger charge is 2.34. The van der Waals surface area contributed by atoms with Crippen LogP contribution < -0.4 is 5.32 Å². The molecular weight excluding hydrogens is 494 g/mol. The zero-order valence-electron chi connectivity index (χ0n) is 22.2. The number of nitrogens with one attached hydrogen (secondary N) is 2. The predicted molar refractivity (Wildman–Crippen MR) is 155 cm³/mol. The van der Waals surface area contributed by atoms with Gasteiger partial charge >= 0.3 is 0 Å². The van der Waals surface area contributed by atoms with Crippen molar-refractivity contribution in [3.63, 3.8) is 0 Å². The van der Waals surface area contributed by atoms with Crippen LogP contribution in [-0.2, 0) is 4.79 Å². The van der Waals surface area contributed by atoms with Gasteiger partial charge in [0.1, 0.15) is 17.8 Å². The SMILES string of the molecule is CC(C)(CN1CCCCCC1)C(=O)N1CC=C(c2cc3c(Nc4ccc5ncsc5c4)ncnc3[nH]2)CC1. The van der Waals surface area contributed by atoms with Crippen LogP contribution in [0.15, 0.2) is 42.2 Å². The van der Waals surface area contributed by atoms with E-state index in [4.69, 9.17) is 0 Å². The molecule has 1 fully saturated rings. The average Bonchev–Trinajstić information content (AvgIpc) is 3.50. The molecule has 9 heteroatoms. The van der Waals surface area contributed by atoms with Crippen LogP contribution in [0.2, 0.25) is 0 Å². The minimum atomic E-state index is -0.380. The van der Waals surface area contributed by atoms with Gasteiger partial charge in [-0.3, -0.25) is 4.79 Å². The van der Waals surface area contributed by atoms with Gasteiger partial charge in [-0.15, -0.1) is 11.3 Å². The van der Waals surface area contributed by atoms with Crippen molar-refractivity contribution in [3.05, 3.63) is 47.9 Å². The standard InChI is InChI=1S/C29H35N7OS/c1-29(2,17-35-11-5-3-4-6-12-35)28(37)36-13-9-20(10-14-36)24-16-22-26(30-18-31-27(22)34-24)33-21-7-8-23-25(15-21)38-19-32-23/h7-9,15-16,18-19H,3-6,10-14,17H2,1-2H3,(H2,30,31,33,34). The fraction of sp³-hybridized carbons (Fsp3) is 0.448. The summed E-state index contributed by atoms with van der Waals surface area (Å²) in [4.78, 5) is 34.8. The van der Waals surface area contributed by atoms with Crippen molar-refractivity contribution in [3.8, 4) is 0 Å². The molecule has 3 aromatic heterocycles. The van der Waals surface area contributed by atoms with Crippen LogP contribution >= 0.6 is 11.3 Å². The Bertz CT molecular complexity index is 1480. The molecule has 0 saturated carbocycles. The van der Waals surface area contributed by atoms with Crippen LogP contribution in [0.3, 0.4) is 0 Å². The predicted octanol–water partition coefficient (Wildman–Crippen LogP) is 5.83. The maximum atomic E-state index is 13.5. The minimum Gasteiger partial charge on any atom is -0.340 e. The van der Waals surface area contributed by atoms with Gasteiger partial charge in [0, 0.05) is 31.0 Å². The molecule has 38 heavy (non-hydrogen) atoms. The number of anilines is 2. The van der Waals surface area contributed by atoms with Gasteiger partial charge in [0.15, 0.2) is 0 Å². The third kappa shape index (κ3) is 5.17. The fourth-order valence-electron chi connectivity index (χ4n) is 5.73. The summed E-state index contributed by atoms with van der Waals surface area (Å²) in [6, 6.07) is 8.25. The van der Waals surface area contributed by atoms with Crippen molar-refractivity contribution in [2.75, 3.05) is 38.0 Å². The third-order valence-corrected chi connectivity index (χ3v) is 8.55. The fourth-order valence-corrected chi connectivity index (χ4v) is 6.45. The highest BCUT2D eigenvalue weighted by molar-refractivity contribution is 7.16. The second-order valence-corrected chi connectivity index (χ2v) is 12.0. The lowest BCUT2D eigenvalue weighted by Gasteiger charge is -2.36. The molecular formula is C29H35N7OS. The molecule has 5 heterocycles. The van der Waals surface area contributed by atoms with Crippen LogP contribution in [0.4, 0.5) is 11.5 Å². The van der Waals surface area contributed by atoms with E-state index < -0.39 is 0 Å². The summed E-state index contributed by atoms with van der Waals surface area (Å²) in [5.41, 5.74) is 6.51. The van der Waals surface area contributed by atoms with Crippen molar-refractivity contribution in [1.82, 2.24) is 29.7 Å². The van der Waals surface area contributed by atoms with Gasteiger partial charge in [0.05, 0.1) is 26.5 Å². The van der Waals surface area contributed by atoms with Crippen LogP contribution in [0.5, 0.6) is 0 Å². The van der Waals surface area contributed by atoms with Gasteiger partial charge in [0.25, 0.3) is 0 Å². The van der Waals surface area contributed by atoms with Crippen molar-refractivity contribution < 1.29 is 4.79 Å². The van der Waals surface area contributed by atoms with Crippen molar-refractivity contribution in [2.45, 2.75) is 46.0 Å². The summed E-state index contributed by atoms with van der Waals surface area (Å²) >= 11 is 1.62. The Morgan fingerprint density at radius 1 is 1.08 bits per heavy atom. The Hall–Kier alpha value is -3.30. The normalized spacial score (nSPS) is 17.5. The van der Waals surface area contributed by atoms with Gasteiger partial charge in [-0.05, 0) is 76.0 Å². The molecule has 2 aliphatic rings. The molecule has 8 nitrogen and oxygen atoms in total. The monoisotopic (exact) mass is 529 g/mol. The number of H-pyrrole nitrogens is 1. The molecule has 1 aromatic carbocycles. The van der Waals surface area contributed by atoms with E-state index in [9.17, 15) is 4.79 Å². The van der Waals surface area contributed by atoms with Crippen molar-refractivity contribution >= 4 is 55.6 Å². The lowest BCUT2D eigenvalue weighted by molar-refractivity contribution is -0.141. The van der Waals surface area contributed by atoms with Crippen LogP contribution in [0, 0.1) is 5.41 Å². The second-order valence-electron chi connectivity index (χ2n) is 11.1. The number of carbonyl (C=O) groups excluding carboxylic acids is 1. The highest BCUT2D eigenvalue weighted by atomic mass is 32.1. The van der Waals surface area contributed by atoms with E-state index in [0.29, 0.717) is 6.54 Å². The number of aromatic nitrogens is 4. The Morgan fingerprint density at radius 2 is 1.92 bits per heavy atom. The minimum absolute atomic E-state index is 0.254. The number of benzene rings is 1. The van der Waals surface area contributed by atoms with Gasteiger partial charge < -0.3 is 20.1 Å². The number of hydrogen-bond donors (Lipinski definition) is 2. The molecule has 0 radical (unpaired) electrons. The van der Waals surface area contributed by atoms with Gasteiger partial charge in [0.2, 0.25) is 5.91 Å². The van der Waals surface area contributed by atoms with Gasteiger partial charge in [-0.25, -0.2) is 15.0 Å². The quantitative estimate of drug-likeness (QED) is 0.327. The van der Waals surface area contributed by atoms with Crippen molar-refractivity contribution in [2.24, 2.45) is 5.41 Å². The Morgan fingerprint density at radius 3 is 2.71 bits per heavy atom. The molecule has 0 atom stereocenters. The first kappa shape index (κ1) is 25.0. The summed E-state index contributed by atoms with van der Waals surface area (Å²) in [7, 11) is 0. The largest absolute Gasteiger partial charge is 0.340 e. The Kier molecular flexibility index (Phi) is 6.88. The Balaban J connectivity index is 1.15. The summed E-state index contributed by atoms with van der Waals surface area (Å²) in [5, 5.41) is 4.40. The van der Waals surface area contributed by atoms with E-state index in [1.807, 2.05) is 22.5 Å². The number of carbonyl (C=O) groups is 1.